The lowest BCUT2D eigenvalue weighted by Crippen LogP contribution is -2.51. The van der Waals surface area contributed by atoms with Gasteiger partial charge in [0.1, 0.15) is 6.04 Å². The van der Waals surface area contributed by atoms with Crippen LogP contribution in [0.25, 0.3) is 10.9 Å². The first-order valence-electron chi connectivity index (χ1n) is 9.80. The number of fused-ring (bicyclic) bond motifs is 1. The Labute approximate surface area is 163 Å². The standard InChI is InChI=1S/C22H25N3O3/c1-15-8-10-25(11-9-15)22(27)19(24-21(26)20-7-4-12-28-20)13-16-14-23-18-6-3-2-5-17(16)18/h2-7,12,14-15,19,23H,8-11,13H2,1H3,(H,24,26)/t19-/m0/s1. The molecule has 1 saturated heterocycles. The van der Waals surface area contributed by atoms with Crippen LogP contribution < -0.4 is 5.32 Å². The Kier molecular flexibility index (Phi) is 5.19. The molecular weight excluding hydrogens is 354 g/mol. The molecule has 1 fully saturated rings. The van der Waals surface area contributed by atoms with Crippen molar-refractivity contribution >= 4 is 22.7 Å². The number of hydrogen-bond acceptors (Lipinski definition) is 3. The third-order valence-corrected chi connectivity index (χ3v) is 5.54. The Bertz CT molecular complexity index is 952. The van der Waals surface area contributed by atoms with Crippen molar-refractivity contribution in [1.82, 2.24) is 15.2 Å². The predicted octanol–water partition coefficient (Wildman–Crippen LogP) is 3.36. The highest BCUT2D eigenvalue weighted by Crippen LogP contribution is 2.21. The summed E-state index contributed by atoms with van der Waals surface area (Å²) in [4.78, 5) is 30.9. The molecule has 0 radical (unpaired) electrons. The molecule has 0 bridgehead atoms. The lowest BCUT2D eigenvalue weighted by molar-refractivity contribution is -0.134. The van der Waals surface area contributed by atoms with Gasteiger partial charge in [0.25, 0.3) is 5.91 Å². The average Bonchev–Trinajstić information content (AvgIpc) is 3.38. The molecule has 6 nitrogen and oxygen atoms in total. The van der Waals surface area contributed by atoms with Gasteiger partial charge < -0.3 is 19.6 Å². The molecule has 2 aromatic heterocycles. The van der Waals surface area contributed by atoms with Crippen LogP contribution in [-0.2, 0) is 11.2 Å². The summed E-state index contributed by atoms with van der Waals surface area (Å²) in [6.45, 7) is 3.69. The zero-order chi connectivity index (χ0) is 19.5. The summed E-state index contributed by atoms with van der Waals surface area (Å²) in [7, 11) is 0. The molecule has 1 aromatic carbocycles. The topological polar surface area (TPSA) is 78.3 Å². The van der Waals surface area contributed by atoms with Gasteiger partial charge in [-0.1, -0.05) is 25.1 Å². The molecule has 3 heterocycles. The molecule has 4 rings (SSSR count). The van der Waals surface area contributed by atoms with E-state index in [-0.39, 0.29) is 17.6 Å². The van der Waals surface area contributed by atoms with Gasteiger partial charge in [-0.15, -0.1) is 0 Å². The molecule has 0 saturated carbocycles. The lowest BCUT2D eigenvalue weighted by atomic mass is 9.97. The molecule has 2 amide bonds. The Morgan fingerprint density at radius 3 is 2.75 bits per heavy atom. The number of aromatic nitrogens is 1. The minimum absolute atomic E-state index is 0.0305. The van der Waals surface area contributed by atoms with Gasteiger partial charge >= 0.3 is 0 Å². The van der Waals surface area contributed by atoms with Gasteiger partial charge in [0.05, 0.1) is 6.26 Å². The highest BCUT2D eigenvalue weighted by Gasteiger charge is 2.30. The van der Waals surface area contributed by atoms with Crippen LogP contribution in [0.4, 0.5) is 0 Å². The maximum Gasteiger partial charge on any atom is 0.287 e. The van der Waals surface area contributed by atoms with Crippen LogP contribution >= 0.6 is 0 Å². The number of likely N-dealkylation sites (tertiary alicyclic amines) is 1. The molecule has 1 aliphatic heterocycles. The number of piperidine rings is 1. The first-order chi connectivity index (χ1) is 13.6. The van der Waals surface area contributed by atoms with Crippen LogP contribution in [0.3, 0.4) is 0 Å². The van der Waals surface area contributed by atoms with Crippen molar-refractivity contribution in [1.29, 1.82) is 0 Å². The quantitative estimate of drug-likeness (QED) is 0.713. The number of benzene rings is 1. The zero-order valence-corrected chi connectivity index (χ0v) is 16.0. The number of carbonyl (C=O) groups excluding carboxylic acids is 2. The van der Waals surface area contributed by atoms with E-state index in [9.17, 15) is 9.59 Å². The van der Waals surface area contributed by atoms with E-state index in [4.69, 9.17) is 4.42 Å². The number of furan rings is 1. The summed E-state index contributed by atoms with van der Waals surface area (Å²) in [5.74, 6) is 0.448. The second-order valence-electron chi connectivity index (χ2n) is 7.57. The highest BCUT2D eigenvalue weighted by atomic mass is 16.3. The number of aromatic amines is 1. The molecule has 0 spiro atoms. The van der Waals surface area contributed by atoms with Crippen LogP contribution in [0.15, 0.2) is 53.3 Å². The number of rotatable bonds is 5. The summed E-state index contributed by atoms with van der Waals surface area (Å²) in [5, 5.41) is 3.96. The van der Waals surface area contributed by atoms with E-state index in [1.54, 1.807) is 12.1 Å². The van der Waals surface area contributed by atoms with E-state index >= 15 is 0 Å². The largest absolute Gasteiger partial charge is 0.459 e. The van der Waals surface area contributed by atoms with Gasteiger partial charge in [0, 0.05) is 36.6 Å². The minimum atomic E-state index is -0.634. The summed E-state index contributed by atoms with van der Waals surface area (Å²) >= 11 is 0. The molecule has 28 heavy (non-hydrogen) atoms. The maximum absolute atomic E-state index is 13.2. The van der Waals surface area contributed by atoms with Crippen molar-refractivity contribution in [3.63, 3.8) is 0 Å². The fourth-order valence-corrected chi connectivity index (χ4v) is 3.81. The van der Waals surface area contributed by atoms with Crippen molar-refractivity contribution in [2.45, 2.75) is 32.2 Å². The average molecular weight is 379 g/mol. The fourth-order valence-electron chi connectivity index (χ4n) is 3.81. The number of hydrogen-bond donors (Lipinski definition) is 2. The molecule has 0 aliphatic carbocycles. The summed E-state index contributed by atoms with van der Waals surface area (Å²) in [5.41, 5.74) is 2.03. The van der Waals surface area contributed by atoms with Crippen molar-refractivity contribution < 1.29 is 14.0 Å². The maximum atomic E-state index is 13.2. The van der Waals surface area contributed by atoms with E-state index in [0.29, 0.717) is 12.3 Å². The smallest absolute Gasteiger partial charge is 0.287 e. The van der Waals surface area contributed by atoms with Gasteiger partial charge in [0.15, 0.2) is 5.76 Å². The van der Waals surface area contributed by atoms with Gasteiger partial charge in [-0.05, 0) is 42.5 Å². The predicted molar refractivity (Wildman–Crippen MR) is 107 cm³/mol. The number of carbonyl (C=O) groups is 2. The lowest BCUT2D eigenvalue weighted by Gasteiger charge is -2.33. The Morgan fingerprint density at radius 2 is 2.00 bits per heavy atom. The van der Waals surface area contributed by atoms with Crippen LogP contribution in [-0.4, -0.2) is 40.8 Å². The second kappa shape index (κ2) is 7.92. The summed E-state index contributed by atoms with van der Waals surface area (Å²) in [6.07, 6.45) is 5.80. The van der Waals surface area contributed by atoms with Gasteiger partial charge in [0.2, 0.25) is 5.91 Å². The molecule has 0 unspecified atom stereocenters. The zero-order valence-electron chi connectivity index (χ0n) is 16.0. The number of H-pyrrole nitrogens is 1. The van der Waals surface area contributed by atoms with E-state index < -0.39 is 6.04 Å². The SMILES string of the molecule is CC1CCN(C(=O)[C@H](Cc2c[nH]c3ccccc23)NC(=O)c2ccco2)CC1. The fraction of sp³-hybridized carbons (Fsp3) is 0.364. The molecule has 3 aromatic rings. The van der Waals surface area contributed by atoms with Crippen LogP contribution in [0.5, 0.6) is 0 Å². The van der Waals surface area contributed by atoms with E-state index in [1.807, 2.05) is 35.4 Å². The monoisotopic (exact) mass is 379 g/mol. The molecule has 1 atom stereocenters. The molecule has 2 N–H and O–H groups in total. The van der Waals surface area contributed by atoms with Gasteiger partial charge in [-0.2, -0.15) is 0 Å². The number of nitrogens with zero attached hydrogens (tertiary/aromatic N) is 1. The van der Waals surface area contributed by atoms with Crippen LogP contribution in [0.1, 0.15) is 35.9 Å². The molecule has 146 valence electrons. The summed E-state index contributed by atoms with van der Waals surface area (Å²) < 4.78 is 5.20. The number of para-hydroxylation sites is 1. The van der Waals surface area contributed by atoms with Crippen molar-refractivity contribution in [3.8, 4) is 0 Å². The van der Waals surface area contributed by atoms with Gasteiger partial charge in [-0.25, -0.2) is 0 Å². The Balaban J connectivity index is 1.57. The summed E-state index contributed by atoms with van der Waals surface area (Å²) in [6, 6.07) is 10.6. The van der Waals surface area contributed by atoms with Crippen LogP contribution in [0.2, 0.25) is 0 Å². The molecule has 1 aliphatic rings. The first kappa shape index (κ1) is 18.3. The number of amides is 2. The third kappa shape index (κ3) is 3.81. The first-order valence-corrected chi connectivity index (χ1v) is 9.80. The van der Waals surface area contributed by atoms with Crippen molar-refractivity contribution in [2.75, 3.05) is 13.1 Å². The second-order valence-corrected chi connectivity index (χ2v) is 7.57. The van der Waals surface area contributed by atoms with Gasteiger partial charge in [-0.3, -0.25) is 9.59 Å². The molecule has 6 heteroatoms. The van der Waals surface area contributed by atoms with Crippen molar-refractivity contribution in [2.24, 2.45) is 5.92 Å². The van der Waals surface area contributed by atoms with E-state index in [1.165, 1.54) is 6.26 Å². The third-order valence-electron chi connectivity index (χ3n) is 5.54. The Hall–Kier alpha value is -3.02. The highest BCUT2D eigenvalue weighted by molar-refractivity contribution is 5.96. The molecular formula is C22H25N3O3. The van der Waals surface area contributed by atoms with E-state index in [2.05, 4.69) is 17.2 Å². The van der Waals surface area contributed by atoms with Crippen LogP contribution in [0, 0.1) is 5.92 Å². The van der Waals surface area contributed by atoms with Crippen molar-refractivity contribution in [3.05, 3.63) is 60.2 Å². The normalized spacial score (nSPS) is 16.2. The van der Waals surface area contributed by atoms with E-state index in [0.717, 1.165) is 42.4 Å². The number of nitrogens with one attached hydrogen (secondary N) is 2. The Morgan fingerprint density at radius 1 is 1.21 bits per heavy atom. The minimum Gasteiger partial charge on any atom is -0.459 e.